The summed E-state index contributed by atoms with van der Waals surface area (Å²) in [5.41, 5.74) is 0. The maximum absolute atomic E-state index is 5.04. The molecule has 108 valence electrons. The Kier molecular flexibility index (Phi) is 5.27. The summed E-state index contributed by atoms with van der Waals surface area (Å²) in [7, 11) is 1.71. The maximum Gasteiger partial charge on any atom is 0.167 e. The molecule has 1 aromatic heterocycles. The molecule has 0 bridgehead atoms. The van der Waals surface area contributed by atoms with E-state index < -0.39 is 0 Å². The molecule has 1 saturated carbocycles. The maximum atomic E-state index is 5.04. The van der Waals surface area contributed by atoms with Crippen molar-refractivity contribution in [2.24, 2.45) is 11.8 Å². The molecule has 1 aliphatic carbocycles. The average Bonchev–Trinajstić information content (AvgIpc) is 3.00. The Balaban J connectivity index is 1.92. The summed E-state index contributed by atoms with van der Waals surface area (Å²) >= 11 is 0. The quantitative estimate of drug-likeness (QED) is 0.757. The smallest absolute Gasteiger partial charge is 0.167 e. The highest BCUT2D eigenvalue weighted by molar-refractivity contribution is 4.90. The van der Waals surface area contributed by atoms with Crippen LogP contribution in [0.5, 0.6) is 0 Å². The van der Waals surface area contributed by atoms with Crippen LogP contribution >= 0.6 is 0 Å². The molecule has 1 fully saturated rings. The second-order valence-electron chi connectivity index (χ2n) is 5.56. The monoisotopic (exact) mass is 267 g/mol. The topological polar surface area (TPSA) is 64.9 Å². The molecule has 0 radical (unpaired) electrons. The van der Waals surface area contributed by atoms with Gasteiger partial charge >= 0.3 is 0 Å². The molecule has 0 aliphatic heterocycles. The first-order valence-corrected chi connectivity index (χ1v) is 7.20. The Morgan fingerprint density at radius 3 is 3.00 bits per heavy atom. The van der Waals surface area contributed by atoms with Gasteiger partial charge in [-0.05, 0) is 35.6 Å². The van der Waals surface area contributed by atoms with E-state index in [9.17, 15) is 0 Å². The van der Waals surface area contributed by atoms with Crippen LogP contribution in [0, 0.1) is 11.8 Å². The van der Waals surface area contributed by atoms with Gasteiger partial charge in [-0.2, -0.15) is 0 Å². The molecule has 0 saturated heterocycles. The fourth-order valence-corrected chi connectivity index (χ4v) is 2.84. The minimum absolute atomic E-state index is 0.154. The normalized spacial score (nSPS) is 24.8. The number of ether oxygens (including phenoxy) is 1. The predicted octanol–water partition coefficient (Wildman–Crippen LogP) is 1.41. The molecule has 0 amide bonds. The third-order valence-corrected chi connectivity index (χ3v) is 4.15. The highest BCUT2D eigenvalue weighted by Crippen LogP contribution is 2.32. The summed E-state index contributed by atoms with van der Waals surface area (Å²) in [4.78, 5) is 0. The van der Waals surface area contributed by atoms with Crippen molar-refractivity contribution in [3.63, 3.8) is 0 Å². The molecular formula is C13H25N5O. The fraction of sp³-hybridized carbons (Fsp3) is 0.923. The lowest BCUT2D eigenvalue weighted by atomic mass is 9.98. The van der Waals surface area contributed by atoms with Crippen LogP contribution in [0.1, 0.15) is 45.0 Å². The van der Waals surface area contributed by atoms with Crippen LogP contribution in [0.25, 0.3) is 0 Å². The van der Waals surface area contributed by atoms with E-state index in [-0.39, 0.29) is 6.04 Å². The van der Waals surface area contributed by atoms with Gasteiger partial charge in [0, 0.05) is 20.2 Å². The third-order valence-electron chi connectivity index (χ3n) is 4.15. The van der Waals surface area contributed by atoms with E-state index in [0.717, 1.165) is 24.8 Å². The molecule has 0 aromatic carbocycles. The van der Waals surface area contributed by atoms with Crippen molar-refractivity contribution in [2.75, 3.05) is 20.3 Å². The molecule has 1 aliphatic rings. The van der Waals surface area contributed by atoms with Gasteiger partial charge < -0.3 is 10.1 Å². The number of tetrazole rings is 1. The number of rotatable bonds is 7. The average molecular weight is 267 g/mol. The van der Waals surface area contributed by atoms with Gasteiger partial charge in [0.1, 0.15) is 0 Å². The molecule has 1 heterocycles. The van der Waals surface area contributed by atoms with Gasteiger partial charge in [0.15, 0.2) is 5.82 Å². The summed E-state index contributed by atoms with van der Waals surface area (Å²) in [5.74, 6) is 2.43. The first-order valence-electron chi connectivity index (χ1n) is 7.20. The van der Waals surface area contributed by atoms with Crippen LogP contribution < -0.4 is 5.32 Å². The lowest BCUT2D eigenvalue weighted by molar-refractivity contribution is 0.195. The highest BCUT2D eigenvalue weighted by Gasteiger charge is 2.25. The van der Waals surface area contributed by atoms with E-state index in [1.54, 1.807) is 7.11 Å². The second-order valence-corrected chi connectivity index (χ2v) is 5.56. The summed E-state index contributed by atoms with van der Waals surface area (Å²) in [6.45, 7) is 6.88. The van der Waals surface area contributed by atoms with Crippen molar-refractivity contribution >= 4 is 0 Å². The molecule has 1 aromatic rings. The van der Waals surface area contributed by atoms with Crippen molar-refractivity contribution < 1.29 is 4.74 Å². The highest BCUT2D eigenvalue weighted by atomic mass is 16.5. The zero-order valence-electron chi connectivity index (χ0n) is 12.2. The van der Waals surface area contributed by atoms with Gasteiger partial charge in [0.2, 0.25) is 0 Å². The van der Waals surface area contributed by atoms with E-state index in [1.165, 1.54) is 19.3 Å². The zero-order chi connectivity index (χ0) is 13.7. The zero-order valence-corrected chi connectivity index (χ0v) is 12.2. The van der Waals surface area contributed by atoms with E-state index in [2.05, 4.69) is 34.7 Å². The Labute approximate surface area is 114 Å². The van der Waals surface area contributed by atoms with Crippen LogP contribution in [0.2, 0.25) is 0 Å². The Morgan fingerprint density at radius 2 is 2.32 bits per heavy atom. The van der Waals surface area contributed by atoms with Crippen molar-refractivity contribution in [3.05, 3.63) is 5.82 Å². The first kappa shape index (κ1) is 14.4. The van der Waals surface area contributed by atoms with Gasteiger partial charge in [0.05, 0.1) is 12.6 Å². The largest absolute Gasteiger partial charge is 0.383 e. The van der Waals surface area contributed by atoms with Crippen LogP contribution in [-0.4, -0.2) is 40.5 Å². The van der Waals surface area contributed by atoms with E-state index in [1.807, 2.05) is 4.68 Å². The SMILES string of the molecule is COCCNC(C)c1nnnn1CC1CCCC1C. The molecule has 6 nitrogen and oxygen atoms in total. The molecule has 19 heavy (non-hydrogen) atoms. The van der Waals surface area contributed by atoms with E-state index in [4.69, 9.17) is 4.74 Å². The standard InChI is InChI=1S/C13H25N5O/c1-10-5-4-6-12(10)9-18-13(15-16-17-18)11(2)14-7-8-19-3/h10-12,14H,4-9H2,1-3H3. The summed E-state index contributed by atoms with van der Waals surface area (Å²) < 4.78 is 7.01. The minimum Gasteiger partial charge on any atom is -0.383 e. The van der Waals surface area contributed by atoms with Crippen LogP contribution in [0.3, 0.4) is 0 Å². The molecule has 1 N–H and O–H groups in total. The van der Waals surface area contributed by atoms with Crippen LogP contribution in [0.15, 0.2) is 0 Å². The Hall–Kier alpha value is -1.01. The van der Waals surface area contributed by atoms with E-state index in [0.29, 0.717) is 12.5 Å². The molecule has 6 heteroatoms. The van der Waals surface area contributed by atoms with Gasteiger partial charge in [0.25, 0.3) is 0 Å². The van der Waals surface area contributed by atoms with Gasteiger partial charge in [-0.1, -0.05) is 19.8 Å². The van der Waals surface area contributed by atoms with Crippen molar-refractivity contribution in [1.82, 2.24) is 25.5 Å². The van der Waals surface area contributed by atoms with Crippen molar-refractivity contribution in [1.29, 1.82) is 0 Å². The number of aromatic nitrogens is 4. The number of methoxy groups -OCH3 is 1. The number of nitrogens with one attached hydrogen (secondary N) is 1. The fourth-order valence-electron chi connectivity index (χ4n) is 2.84. The molecule has 3 unspecified atom stereocenters. The minimum atomic E-state index is 0.154. The lowest BCUT2D eigenvalue weighted by Crippen LogP contribution is -2.27. The van der Waals surface area contributed by atoms with Gasteiger partial charge in [-0.15, -0.1) is 5.10 Å². The second kappa shape index (κ2) is 6.96. The summed E-state index contributed by atoms with van der Waals surface area (Å²) in [6, 6.07) is 0.154. The third kappa shape index (κ3) is 3.73. The molecule has 3 atom stereocenters. The Bertz CT molecular complexity index is 381. The van der Waals surface area contributed by atoms with Crippen LogP contribution in [-0.2, 0) is 11.3 Å². The van der Waals surface area contributed by atoms with Crippen molar-refractivity contribution in [2.45, 2.75) is 45.7 Å². The number of hydrogen-bond donors (Lipinski definition) is 1. The number of nitrogens with zero attached hydrogens (tertiary/aromatic N) is 4. The first-order chi connectivity index (χ1) is 9.22. The molecular weight excluding hydrogens is 242 g/mol. The van der Waals surface area contributed by atoms with Gasteiger partial charge in [-0.3, -0.25) is 0 Å². The van der Waals surface area contributed by atoms with Crippen LogP contribution in [0.4, 0.5) is 0 Å². The lowest BCUT2D eigenvalue weighted by Gasteiger charge is -2.18. The predicted molar refractivity (Wildman–Crippen MR) is 72.6 cm³/mol. The summed E-state index contributed by atoms with van der Waals surface area (Å²) in [5, 5.41) is 15.5. The van der Waals surface area contributed by atoms with E-state index >= 15 is 0 Å². The molecule has 0 spiro atoms. The van der Waals surface area contributed by atoms with Gasteiger partial charge in [-0.25, -0.2) is 4.68 Å². The molecule has 2 rings (SSSR count). The summed E-state index contributed by atoms with van der Waals surface area (Å²) in [6.07, 6.45) is 3.97. The Morgan fingerprint density at radius 1 is 1.47 bits per heavy atom. The van der Waals surface area contributed by atoms with Crippen molar-refractivity contribution in [3.8, 4) is 0 Å². The number of hydrogen-bond acceptors (Lipinski definition) is 5.